The summed E-state index contributed by atoms with van der Waals surface area (Å²) in [5.41, 5.74) is 0.876. The summed E-state index contributed by atoms with van der Waals surface area (Å²) < 4.78 is 26.7. The quantitative estimate of drug-likeness (QED) is 0.0564. The molecule has 2 aliphatic carbocycles. The summed E-state index contributed by atoms with van der Waals surface area (Å²) in [6.07, 6.45) is 7.93. The number of carbonyl (C=O) groups is 7. The number of ether oxygens (including phenoxy) is 3. The van der Waals surface area contributed by atoms with Crippen molar-refractivity contribution in [2.75, 3.05) is 49.6 Å². The topological polar surface area (TPSA) is 263 Å². The number of benzene rings is 2. The number of hydrogen-bond acceptors (Lipinski definition) is 15. The van der Waals surface area contributed by atoms with Crippen molar-refractivity contribution in [3.63, 3.8) is 0 Å². The number of rotatable bonds is 12. The normalized spacial score (nSPS) is 17.2. The monoisotopic (exact) mass is 1100 g/mol. The number of halogens is 3. The van der Waals surface area contributed by atoms with Crippen molar-refractivity contribution < 1.29 is 56.6 Å². The number of aromatic nitrogens is 2. The summed E-state index contributed by atoms with van der Waals surface area (Å²) in [7, 11) is 6.17. The fourth-order valence-electron chi connectivity index (χ4n) is 8.80. The van der Waals surface area contributed by atoms with E-state index in [4.69, 9.17) is 46.2 Å². The number of amides is 5. The lowest BCUT2D eigenvalue weighted by Gasteiger charge is -2.35. The maximum atomic E-state index is 13.4. The molecule has 6 aromatic rings. The van der Waals surface area contributed by atoms with Crippen LogP contribution in [-0.2, 0) is 23.8 Å². The minimum Gasteiger partial charge on any atom is -0.465 e. The lowest BCUT2D eigenvalue weighted by molar-refractivity contribution is -0.121. The van der Waals surface area contributed by atoms with Crippen molar-refractivity contribution >= 4 is 122 Å². The molecule has 0 atom stereocenters. The van der Waals surface area contributed by atoms with E-state index in [0.29, 0.717) is 63.7 Å². The van der Waals surface area contributed by atoms with E-state index < -0.39 is 35.4 Å². The van der Waals surface area contributed by atoms with E-state index in [1.165, 1.54) is 63.0 Å². The van der Waals surface area contributed by atoms with Crippen LogP contribution < -0.4 is 26.6 Å². The molecule has 4 heterocycles. The molecule has 0 spiro atoms. The number of methoxy groups -OCH3 is 2. The van der Waals surface area contributed by atoms with Gasteiger partial charge in [0.05, 0.1) is 35.4 Å². The fourth-order valence-corrected chi connectivity index (χ4v) is 9.03. The number of pyridine rings is 2. The molecular weight excluding hydrogens is 1050 g/mol. The van der Waals surface area contributed by atoms with Gasteiger partial charge in [0.15, 0.2) is 0 Å². The van der Waals surface area contributed by atoms with Gasteiger partial charge >= 0.3 is 18.0 Å². The van der Waals surface area contributed by atoms with Crippen LogP contribution in [0, 0.1) is 11.8 Å². The molecule has 0 aliphatic heterocycles. The van der Waals surface area contributed by atoms with Gasteiger partial charge in [-0.3, -0.25) is 19.2 Å². The second kappa shape index (κ2) is 25.5. The van der Waals surface area contributed by atoms with Crippen LogP contribution in [0.5, 0.6) is 0 Å². The number of hydrogen-bond donors (Lipinski definition) is 5. The number of anilines is 4. The molecule has 0 saturated heterocycles. The Balaban J connectivity index is 0.000000247. The third kappa shape index (κ3) is 14.4. The second-order valence-corrected chi connectivity index (χ2v) is 19.9. The molecule has 76 heavy (non-hydrogen) atoms. The smallest absolute Gasteiger partial charge is 0.410 e. The number of fused-ring (bicyclic) bond motifs is 2. The van der Waals surface area contributed by atoms with E-state index >= 15 is 0 Å². The van der Waals surface area contributed by atoms with Crippen molar-refractivity contribution in [3.05, 3.63) is 106 Å². The van der Waals surface area contributed by atoms with Crippen LogP contribution in [0.2, 0.25) is 10.0 Å². The van der Waals surface area contributed by atoms with Crippen molar-refractivity contribution in [2.24, 2.45) is 11.8 Å². The van der Waals surface area contributed by atoms with Crippen LogP contribution in [0.1, 0.15) is 114 Å². The van der Waals surface area contributed by atoms with Gasteiger partial charge < -0.3 is 54.5 Å². The van der Waals surface area contributed by atoms with E-state index in [1.807, 2.05) is 27.8 Å². The molecule has 5 amide bonds. The molecule has 5 N–H and O–H groups in total. The van der Waals surface area contributed by atoms with Crippen LogP contribution in [0.15, 0.2) is 81.9 Å². The zero-order valence-electron chi connectivity index (χ0n) is 42.8. The van der Waals surface area contributed by atoms with Crippen LogP contribution in [-0.4, -0.2) is 103 Å². The highest BCUT2D eigenvalue weighted by Gasteiger charge is 2.34. The average Bonchev–Trinajstić information content (AvgIpc) is 3.98. The molecule has 0 bridgehead atoms. The number of nitrogens with zero attached hydrogens (tertiary/aromatic N) is 3. The highest BCUT2D eigenvalue weighted by Crippen LogP contribution is 2.37. The second-order valence-electron chi connectivity index (χ2n) is 19.1. The molecule has 2 aromatic carbocycles. The minimum atomic E-state index is -0.645. The third-order valence-corrected chi connectivity index (χ3v) is 13.3. The van der Waals surface area contributed by atoms with Gasteiger partial charge in [-0.25, -0.2) is 24.4 Å². The summed E-state index contributed by atoms with van der Waals surface area (Å²) in [6.45, 7) is 5.44. The van der Waals surface area contributed by atoms with Crippen LogP contribution >= 0.6 is 35.6 Å². The Morgan fingerprint density at radius 3 is 1.41 bits per heavy atom. The molecule has 8 rings (SSSR count). The predicted octanol–water partition coefficient (Wildman–Crippen LogP) is 10.5. The van der Waals surface area contributed by atoms with E-state index in [2.05, 4.69) is 36.6 Å². The Kier molecular flexibility index (Phi) is 19.5. The Morgan fingerprint density at radius 2 is 1.04 bits per heavy atom. The van der Waals surface area contributed by atoms with E-state index in [1.54, 1.807) is 36.2 Å². The average molecular weight is 1110 g/mol. The van der Waals surface area contributed by atoms with E-state index in [-0.39, 0.29) is 87.8 Å². The highest BCUT2D eigenvalue weighted by atomic mass is 35.5. The van der Waals surface area contributed by atoms with Crippen molar-refractivity contribution in [1.29, 1.82) is 0 Å². The van der Waals surface area contributed by atoms with Crippen molar-refractivity contribution in [1.82, 2.24) is 20.2 Å². The number of nitrogens with one attached hydrogen (secondary N) is 5. The van der Waals surface area contributed by atoms with Crippen LogP contribution in [0.25, 0.3) is 21.9 Å². The van der Waals surface area contributed by atoms with Gasteiger partial charge in [-0.15, -0.1) is 12.4 Å². The molecule has 23 heteroatoms. The first-order valence-corrected chi connectivity index (χ1v) is 24.9. The third-order valence-electron chi connectivity index (χ3n) is 12.9. The molecule has 2 saturated carbocycles. The molecule has 2 aliphatic rings. The Bertz CT molecular complexity index is 3090. The first-order chi connectivity index (χ1) is 35.7. The SMILES string of the molecule is CNC1CCC(C(=O)Nc2c(C(=O)Nc3ccc(Cl)cn3)oc3ccc(C(=O)OC)cc23)CC1.COC(=O)c1ccc2oc(C(=O)Nc3ccc(Cl)cn3)c(NC(=O)C3CCC(N(C)C(=O)OC(C)(C)C)CC3)c2c1.Cl. The summed E-state index contributed by atoms with van der Waals surface area (Å²) >= 11 is 11.8. The van der Waals surface area contributed by atoms with Gasteiger partial charge in [-0.1, -0.05) is 23.2 Å². The summed E-state index contributed by atoms with van der Waals surface area (Å²) in [5.74, 6) is -3.13. The predicted molar refractivity (Wildman–Crippen MR) is 289 cm³/mol. The minimum absolute atomic E-state index is 0. The molecule has 0 radical (unpaired) electrons. The van der Waals surface area contributed by atoms with E-state index in [9.17, 15) is 33.6 Å². The van der Waals surface area contributed by atoms with Gasteiger partial charge in [0.25, 0.3) is 11.8 Å². The van der Waals surface area contributed by atoms with Crippen LogP contribution in [0.4, 0.5) is 27.8 Å². The molecular formula is C53H59Cl3N8O12. The lowest BCUT2D eigenvalue weighted by Crippen LogP contribution is -2.43. The number of carbonyl (C=O) groups excluding carboxylic acids is 7. The summed E-state index contributed by atoms with van der Waals surface area (Å²) in [6, 6.07) is 15.8. The lowest BCUT2D eigenvalue weighted by atomic mass is 9.85. The highest BCUT2D eigenvalue weighted by molar-refractivity contribution is 6.30. The Hall–Kier alpha value is -7.26. The van der Waals surface area contributed by atoms with Crippen molar-refractivity contribution in [3.8, 4) is 0 Å². The van der Waals surface area contributed by atoms with Crippen molar-refractivity contribution in [2.45, 2.75) is 89.8 Å². The maximum absolute atomic E-state index is 13.4. The van der Waals surface area contributed by atoms with E-state index in [0.717, 1.165) is 25.7 Å². The fraction of sp³-hybridized carbons (Fsp3) is 0.377. The summed E-state index contributed by atoms with van der Waals surface area (Å²) in [4.78, 5) is 99.3. The van der Waals surface area contributed by atoms with Gasteiger partial charge in [0, 0.05) is 54.1 Å². The first kappa shape index (κ1) is 58.0. The molecule has 2 fully saturated rings. The maximum Gasteiger partial charge on any atom is 0.410 e. The van der Waals surface area contributed by atoms with Crippen LogP contribution in [0.3, 0.4) is 0 Å². The number of furan rings is 2. The summed E-state index contributed by atoms with van der Waals surface area (Å²) in [5, 5.41) is 15.9. The largest absolute Gasteiger partial charge is 0.465 e. The molecule has 0 unspecified atom stereocenters. The molecule has 404 valence electrons. The Morgan fingerprint density at radius 1 is 0.618 bits per heavy atom. The molecule has 20 nitrogen and oxygen atoms in total. The molecule has 4 aromatic heterocycles. The van der Waals surface area contributed by atoms with Gasteiger partial charge in [-0.05, 0) is 140 Å². The first-order valence-electron chi connectivity index (χ1n) is 24.2. The zero-order valence-corrected chi connectivity index (χ0v) is 45.1. The van der Waals surface area contributed by atoms with Gasteiger partial charge in [0.2, 0.25) is 23.3 Å². The van der Waals surface area contributed by atoms with Gasteiger partial charge in [-0.2, -0.15) is 0 Å². The zero-order chi connectivity index (χ0) is 54.1. The Labute approximate surface area is 454 Å². The number of esters is 2. The van der Waals surface area contributed by atoms with Gasteiger partial charge in [0.1, 0.15) is 39.8 Å². The standard InChI is InChI=1S/C29H33ClN4O7.C24H25ClN4O5.ClH/c1-29(2,3)41-28(38)34(4)19-10-6-16(7-11-19)25(35)33-23-20-14-17(27(37)39-5)8-12-21(20)40-24(23)26(36)32-22-13-9-18(30)15-31-22;1-26-16-7-3-13(4-8-16)22(30)29-20-17-11-14(24(32)33-2)5-9-18(17)34-21(20)23(31)28-19-10-6-15(25)12-27-19;/h8-9,12-16,19H,6-7,10-11H2,1-5H3,(H,33,35)(H,31,32,36);5-6,9-13,16,26H,3-4,7-8H2,1-2H3,(H,29,30)(H,27,28,31);1H.